The summed E-state index contributed by atoms with van der Waals surface area (Å²) in [6.07, 6.45) is 5.16. The molecular weight excluding hydrogens is 338 g/mol. The van der Waals surface area contributed by atoms with Crippen molar-refractivity contribution in [3.8, 4) is 11.4 Å². The first-order valence-corrected chi connectivity index (χ1v) is 9.29. The number of imidazole rings is 1. The van der Waals surface area contributed by atoms with Gasteiger partial charge in [-0.2, -0.15) is 0 Å². The van der Waals surface area contributed by atoms with Gasteiger partial charge in [0.1, 0.15) is 11.6 Å². The molecule has 5 heteroatoms. The van der Waals surface area contributed by atoms with Gasteiger partial charge in [-0.05, 0) is 43.0 Å². The van der Waals surface area contributed by atoms with E-state index in [9.17, 15) is 4.79 Å². The average Bonchev–Trinajstić information content (AvgIpc) is 2.99. The number of fused-ring (bicyclic) bond motifs is 1. The van der Waals surface area contributed by atoms with Crippen molar-refractivity contribution in [3.05, 3.63) is 77.9 Å². The zero-order valence-electron chi connectivity index (χ0n) is 15.4. The Labute approximate surface area is 159 Å². The molecule has 27 heavy (non-hydrogen) atoms. The molecule has 0 spiro atoms. The third-order valence-corrected chi connectivity index (χ3v) is 5.06. The molecule has 138 valence electrons. The molecule has 0 fully saturated rings. The molecule has 1 aliphatic heterocycles. The van der Waals surface area contributed by atoms with Crippen LogP contribution in [0, 0.1) is 12.8 Å². The number of carbonyl (C=O) groups is 1. The Bertz CT molecular complexity index is 948. The van der Waals surface area contributed by atoms with Crippen LogP contribution in [0.25, 0.3) is 5.69 Å². The minimum Gasteiger partial charge on any atom is -0.493 e. The van der Waals surface area contributed by atoms with E-state index in [1.54, 1.807) is 6.20 Å². The van der Waals surface area contributed by atoms with Crippen LogP contribution in [-0.4, -0.2) is 22.1 Å². The molecule has 0 bridgehead atoms. The molecule has 0 aliphatic carbocycles. The highest BCUT2D eigenvalue weighted by Crippen LogP contribution is 2.26. The van der Waals surface area contributed by atoms with E-state index in [2.05, 4.69) is 10.3 Å². The van der Waals surface area contributed by atoms with Gasteiger partial charge in [0.15, 0.2) is 0 Å². The number of para-hydroxylation sites is 2. The molecule has 4 rings (SSSR count). The maximum atomic E-state index is 12.8. The first kappa shape index (κ1) is 17.3. The Kier molecular flexibility index (Phi) is 4.92. The van der Waals surface area contributed by atoms with Gasteiger partial charge in [0.05, 0.1) is 12.3 Å². The lowest BCUT2D eigenvalue weighted by molar-refractivity contribution is -0.125. The SMILES string of the molecule is Cc1nccn1-c1ccccc1CNC(=O)[C@H]1CCOc2ccccc2C1. The molecule has 1 N–H and O–H groups in total. The number of nitrogens with zero attached hydrogens (tertiary/aromatic N) is 2. The van der Waals surface area contributed by atoms with Crippen LogP contribution in [0.3, 0.4) is 0 Å². The first-order valence-electron chi connectivity index (χ1n) is 9.29. The van der Waals surface area contributed by atoms with Crippen molar-refractivity contribution in [1.29, 1.82) is 0 Å². The number of rotatable bonds is 4. The van der Waals surface area contributed by atoms with Crippen molar-refractivity contribution < 1.29 is 9.53 Å². The summed E-state index contributed by atoms with van der Waals surface area (Å²) in [4.78, 5) is 17.1. The second-order valence-corrected chi connectivity index (χ2v) is 6.84. The Morgan fingerprint density at radius 2 is 2.04 bits per heavy atom. The van der Waals surface area contributed by atoms with Gasteiger partial charge >= 0.3 is 0 Å². The standard InChI is InChI=1S/C22H23N3O2/c1-16-23-11-12-25(16)20-8-4-2-7-19(20)15-24-22(26)18-10-13-27-21-9-5-3-6-17(21)14-18/h2-9,11-12,18H,10,13-15H2,1H3,(H,24,26)/t18-/m0/s1. The Morgan fingerprint density at radius 1 is 1.22 bits per heavy atom. The molecule has 1 amide bonds. The maximum absolute atomic E-state index is 12.8. The minimum atomic E-state index is -0.0733. The molecule has 0 saturated heterocycles. The van der Waals surface area contributed by atoms with Crippen molar-refractivity contribution in [2.75, 3.05) is 6.61 Å². The molecule has 0 unspecified atom stereocenters. The number of ether oxygens (including phenoxy) is 1. The zero-order valence-corrected chi connectivity index (χ0v) is 15.4. The van der Waals surface area contributed by atoms with Gasteiger partial charge < -0.3 is 14.6 Å². The van der Waals surface area contributed by atoms with Crippen LogP contribution in [0.1, 0.15) is 23.4 Å². The summed E-state index contributed by atoms with van der Waals surface area (Å²) in [5, 5.41) is 3.12. The topological polar surface area (TPSA) is 56.2 Å². The quantitative estimate of drug-likeness (QED) is 0.774. The van der Waals surface area contributed by atoms with Gasteiger partial charge in [-0.1, -0.05) is 36.4 Å². The summed E-state index contributed by atoms with van der Waals surface area (Å²) in [5.41, 5.74) is 3.21. The largest absolute Gasteiger partial charge is 0.493 e. The fraction of sp³-hybridized carbons (Fsp3) is 0.273. The van der Waals surface area contributed by atoms with E-state index < -0.39 is 0 Å². The van der Waals surface area contributed by atoms with E-state index in [1.807, 2.05) is 66.2 Å². The van der Waals surface area contributed by atoms with Crippen LogP contribution in [0.15, 0.2) is 60.9 Å². The van der Waals surface area contributed by atoms with Gasteiger partial charge in [-0.25, -0.2) is 4.98 Å². The number of hydrogen-bond donors (Lipinski definition) is 1. The lowest BCUT2D eigenvalue weighted by Crippen LogP contribution is -2.32. The van der Waals surface area contributed by atoms with Crippen LogP contribution < -0.4 is 10.1 Å². The monoisotopic (exact) mass is 361 g/mol. The maximum Gasteiger partial charge on any atom is 0.223 e. The normalized spacial score (nSPS) is 16.1. The predicted molar refractivity (Wildman–Crippen MR) is 104 cm³/mol. The lowest BCUT2D eigenvalue weighted by atomic mass is 9.96. The summed E-state index contributed by atoms with van der Waals surface area (Å²) in [7, 11) is 0. The second-order valence-electron chi connectivity index (χ2n) is 6.84. The van der Waals surface area contributed by atoms with E-state index in [0.717, 1.165) is 34.8 Å². The van der Waals surface area contributed by atoms with E-state index in [-0.39, 0.29) is 11.8 Å². The predicted octanol–water partition coefficient (Wildman–Crippen LogP) is 3.44. The van der Waals surface area contributed by atoms with Gasteiger partial charge in [0.2, 0.25) is 5.91 Å². The molecule has 3 aromatic rings. The summed E-state index contributed by atoms with van der Waals surface area (Å²) in [6, 6.07) is 16.1. The first-order chi connectivity index (χ1) is 13.2. The van der Waals surface area contributed by atoms with Gasteiger partial charge in [-0.3, -0.25) is 4.79 Å². The summed E-state index contributed by atoms with van der Waals surface area (Å²) in [6.45, 7) is 3.03. The number of hydrogen-bond acceptors (Lipinski definition) is 3. The van der Waals surface area contributed by atoms with E-state index >= 15 is 0 Å². The van der Waals surface area contributed by atoms with Gasteiger partial charge in [0.25, 0.3) is 0 Å². The number of aryl methyl sites for hydroxylation is 1. The van der Waals surface area contributed by atoms with E-state index in [4.69, 9.17) is 4.74 Å². The summed E-state index contributed by atoms with van der Waals surface area (Å²) >= 11 is 0. The smallest absolute Gasteiger partial charge is 0.223 e. The fourth-order valence-corrected chi connectivity index (χ4v) is 3.57. The van der Waals surface area contributed by atoms with Gasteiger partial charge in [-0.15, -0.1) is 0 Å². The van der Waals surface area contributed by atoms with Crippen molar-refractivity contribution >= 4 is 5.91 Å². The van der Waals surface area contributed by atoms with Crippen molar-refractivity contribution in [2.45, 2.75) is 26.3 Å². The number of amides is 1. The Morgan fingerprint density at radius 3 is 2.89 bits per heavy atom. The van der Waals surface area contributed by atoms with Crippen LogP contribution in [0.2, 0.25) is 0 Å². The van der Waals surface area contributed by atoms with Gasteiger partial charge in [0, 0.05) is 24.9 Å². The molecule has 2 aromatic carbocycles. The lowest BCUT2D eigenvalue weighted by Gasteiger charge is -2.16. The van der Waals surface area contributed by atoms with Crippen molar-refractivity contribution in [2.24, 2.45) is 5.92 Å². The fourth-order valence-electron chi connectivity index (χ4n) is 3.57. The molecule has 2 heterocycles. The highest BCUT2D eigenvalue weighted by molar-refractivity contribution is 5.79. The molecular formula is C22H23N3O2. The van der Waals surface area contributed by atoms with Crippen LogP contribution in [0.4, 0.5) is 0 Å². The van der Waals surface area contributed by atoms with Crippen LogP contribution >= 0.6 is 0 Å². The molecule has 5 nitrogen and oxygen atoms in total. The van der Waals surface area contributed by atoms with E-state index in [1.165, 1.54) is 0 Å². The highest BCUT2D eigenvalue weighted by Gasteiger charge is 2.23. The van der Waals surface area contributed by atoms with Crippen molar-refractivity contribution in [3.63, 3.8) is 0 Å². The molecule has 1 atom stereocenters. The second kappa shape index (κ2) is 7.66. The number of aromatic nitrogens is 2. The summed E-state index contributed by atoms with van der Waals surface area (Å²) in [5.74, 6) is 1.82. The summed E-state index contributed by atoms with van der Waals surface area (Å²) < 4.78 is 7.82. The average molecular weight is 361 g/mol. The third kappa shape index (κ3) is 3.72. The minimum absolute atomic E-state index is 0.0733. The van der Waals surface area contributed by atoms with Crippen LogP contribution in [-0.2, 0) is 17.8 Å². The number of nitrogens with one attached hydrogen (secondary N) is 1. The molecule has 1 aromatic heterocycles. The van der Waals surface area contributed by atoms with Crippen molar-refractivity contribution in [1.82, 2.24) is 14.9 Å². The number of carbonyl (C=O) groups excluding carboxylic acids is 1. The third-order valence-electron chi connectivity index (χ3n) is 5.06. The molecule has 0 radical (unpaired) electrons. The molecule has 0 saturated carbocycles. The number of benzene rings is 2. The van der Waals surface area contributed by atoms with Crippen LogP contribution in [0.5, 0.6) is 5.75 Å². The van der Waals surface area contributed by atoms with E-state index in [0.29, 0.717) is 19.6 Å². The Balaban J connectivity index is 1.47. The zero-order chi connectivity index (χ0) is 18.6. The molecule has 1 aliphatic rings. The Hall–Kier alpha value is -3.08. The highest BCUT2D eigenvalue weighted by atomic mass is 16.5.